The third-order valence-corrected chi connectivity index (χ3v) is 2.77. The van der Waals surface area contributed by atoms with Crippen molar-refractivity contribution in [2.24, 2.45) is 5.73 Å². The number of carbonyl (C=O) groups is 1. The minimum Gasteiger partial charge on any atom is -0.438 e. The van der Waals surface area contributed by atoms with Gasteiger partial charge in [0, 0.05) is 16.2 Å². The maximum atomic E-state index is 13.2. The summed E-state index contributed by atoms with van der Waals surface area (Å²) < 4.78 is 19.2. The molecule has 0 saturated carbocycles. The molecular weight excluding hydrogens is 315 g/mol. The van der Waals surface area contributed by atoms with Crippen LogP contribution in [0.15, 0.2) is 34.8 Å². The lowest BCUT2D eigenvalue weighted by Gasteiger charge is -2.09. The number of rotatable bonds is 3. The molecule has 0 fully saturated rings. The number of primary amides is 1. The van der Waals surface area contributed by atoms with Crippen molar-refractivity contribution >= 4 is 21.8 Å². The van der Waals surface area contributed by atoms with E-state index < -0.39 is 11.7 Å². The fourth-order valence-corrected chi connectivity index (χ4v) is 1.94. The van der Waals surface area contributed by atoms with Crippen molar-refractivity contribution in [3.8, 4) is 11.6 Å². The van der Waals surface area contributed by atoms with Crippen LogP contribution in [-0.2, 0) is 0 Å². The number of hydrogen-bond acceptors (Lipinski definition) is 3. The van der Waals surface area contributed by atoms with E-state index in [2.05, 4.69) is 20.9 Å². The summed E-state index contributed by atoms with van der Waals surface area (Å²) in [7, 11) is 0. The van der Waals surface area contributed by atoms with Crippen LogP contribution in [0.5, 0.6) is 11.6 Å². The van der Waals surface area contributed by atoms with E-state index in [-0.39, 0.29) is 17.2 Å². The van der Waals surface area contributed by atoms with Gasteiger partial charge < -0.3 is 10.5 Å². The predicted molar refractivity (Wildman–Crippen MR) is 71.7 cm³/mol. The third kappa shape index (κ3) is 3.29. The van der Waals surface area contributed by atoms with Crippen LogP contribution in [0, 0.1) is 12.7 Å². The van der Waals surface area contributed by atoms with E-state index in [0.29, 0.717) is 10.2 Å². The van der Waals surface area contributed by atoms with Gasteiger partial charge in [-0.3, -0.25) is 4.79 Å². The van der Waals surface area contributed by atoms with Crippen molar-refractivity contribution in [1.29, 1.82) is 0 Å². The van der Waals surface area contributed by atoms with E-state index in [1.165, 1.54) is 18.2 Å². The molecule has 2 aromatic rings. The first-order valence-corrected chi connectivity index (χ1v) is 6.16. The van der Waals surface area contributed by atoms with Crippen molar-refractivity contribution in [2.45, 2.75) is 6.92 Å². The van der Waals surface area contributed by atoms with E-state index in [1.54, 1.807) is 19.1 Å². The van der Waals surface area contributed by atoms with E-state index in [1.807, 2.05) is 0 Å². The Morgan fingerprint density at radius 2 is 2.11 bits per heavy atom. The Kier molecular flexibility index (Phi) is 3.80. The first-order chi connectivity index (χ1) is 8.95. The number of hydrogen-bond donors (Lipinski definition) is 1. The highest BCUT2D eigenvalue weighted by Crippen LogP contribution is 2.27. The van der Waals surface area contributed by atoms with Gasteiger partial charge in [-0.1, -0.05) is 15.9 Å². The largest absolute Gasteiger partial charge is 0.438 e. The predicted octanol–water partition coefficient (Wildman–Crippen LogP) is 3.18. The summed E-state index contributed by atoms with van der Waals surface area (Å²) in [6.45, 7) is 1.75. The number of aromatic nitrogens is 1. The average Bonchev–Trinajstić information content (AvgIpc) is 2.26. The number of nitrogens with zero attached hydrogens (tertiary/aromatic N) is 1. The van der Waals surface area contributed by atoms with Crippen LogP contribution >= 0.6 is 15.9 Å². The molecule has 2 N–H and O–H groups in total. The van der Waals surface area contributed by atoms with Gasteiger partial charge in [0.2, 0.25) is 5.88 Å². The minimum absolute atomic E-state index is 0.0602. The zero-order chi connectivity index (χ0) is 14.0. The first kappa shape index (κ1) is 13.5. The summed E-state index contributed by atoms with van der Waals surface area (Å²) in [5.74, 6) is -0.826. The number of benzene rings is 1. The van der Waals surface area contributed by atoms with Crippen LogP contribution in [0.3, 0.4) is 0 Å². The van der Waals surface area contributed by atoms with Gasteiger partial charge in [-0.05, 0) is 31.2 Å². The molecule has 0 unspecified atom stereocenters. The molecule has 0 aliphatic heterocycles. The Hall–Kier alpha value is -1.95. The highest BCUT2D eigenvalue weighted by Gasteiger charge is 2.13. The molecule has 0 atom stereocenters. The Labute approximate surface area is 117 Å². The molecule has 0 aliphatic carbocycles. The fourth-order valence-electron chi connectivity index (χ4n) is 1.50. The quantitative estimate of drug-likeness (QED) is 0.942. The first-order valence-electron chi connectivity index (χ1n) is 5.37. The maximum Gasteiger partial charge on any atom is 0.254 e. The van der Waals surface area contributed by atoms with Gasteiger partial charge in [-0.25, -0.2) is 9.37 Å². The Morgan fingerprint density at radius 1 is 1.37 bits per heavy atom. The van der Waals surface area contributed by atoms with E-state index in [9.17, 15) is 9.18 Å². The fraction of sp³-hybridized carbons (Fsp3) is 0.0769. The normalized spacial score (nSPS) is 10.3. The molecule has 19 heavy (non-hydrogen) atoms. The molecule has 0 spiro atoms. The van der Waals surface area contributed by atoms with Crippen LogP contribution in [0.4, 0.5) is 4.39 Å². The van der Waals surface area contributed by atoms with Crippen LogP contribution in [0.2, 0.25) is 0 Å². The third-order valence-electron chi connectivity index (χ3n) is 2.32. The molecule has 98 valence electrons. The van der Waals surface area contributed by atoms with Gasteiger partial charge in [0.15, 0.2) is 0 Å². The molecule has 1 aromatic carbocycles. The second kappa shape index (κ2) is 5.36. The monoisotopic (exact) mass is 324 g/mol. The number of amides is 1. The summed E-state index contributed by atoms with van der Waals surface area (Å²) in [5.41, 5.74) is 6.04. The lowest BCUT2D eigenvalue weighted by atomic mass is 10.2. The van der Waals surface area contributed by atoms with Crippen LogP contribution in [-0.4, -0.2) is 10.9 Å². The molecule has 1 heterocycles. The lowest BCUT2D eigenvalue weighted by Crippen LogP contribution is -2.13. The molecule has 6 heteroatoms. The van der Waals surface area contributed by atoms with Gasteiger partial charge in [0.25, 0.3) is 5.91 Å². The summed E-state index contributed by atoms with van der Waals surface area (Å²) in [4.78, 5) is 15.4. The lowest BCUT2D eigenvalue weighted by molar-refractivity contribution is 0.0997. The Morgan fingerprint density at radius 3 is 2.74 bits per heavy atom. The van der Waals surface area contributed by atoms with Crippen molar-refractivity contribution < 1.29 is 13.9 Å². The summed E-state index contributed by atoms with van der Waals surface area (Å²) >= 11 is 3.16. The topological polar surface area (TPSA) is 65.2 Å². The highest BCUT2D eigenvalue weighted by molar-refractivity contribution is 9.10. The summed E-state index contributed by atoms with van der Waals surface area (Å²) in [6.07, 6.45) is 0. The number of nitrogens with two attached hydrogens (primary N) is 1. The molecule has 0 radical (unpaired) electrons. The number of ether oxygens (including phenoxy) is 1. The van der Waals surface area contributed by atoms with Gasteiger partial charge in [-0.15, -0.1) is 0 Å². The standard InChI is InChI=1S/C13H10BrFN2O2/c1-7-2-3-11(12(16)18)13(17-7)19-10-5-8(14)4-9(15)6-10/h2-6H,1H3,(H2,16,18). The number of carbonyl (C=O) groups excluding carboxylic acids is 1. The van der Waals surface area contributed by atoms with Gasteiger partial charge in [0.05, 0.1) is 0 Å². The molecule has 1 aromatic heterocycles. The molecule has 2 rings (SSSR count). The molecule has 4 nitrogen and oxygen atoms in total. The number of aryl methyl sites for hydroxylation is 1. The number of pyridine rings is 1. The zero-order valence-corrected chi connectivity index (χ0v) is 11.6. The molecule has 1 amide bonds. The molecular formula is C13H10BrFN2O2. The molecule has 0 saturated heterocycles. The smallest absolute Gasteiger partial charge is 0.254 e. The van der Waals surface area contributed by atoms with E-state index in [0.717, 1.165) is 0 Å². The average molecular weight is 325 g/mol. The summed E-state index contributed by atoms with van der Waals surface area (Å²) in [6, 6.07) is 7.23. The van der Waals surface area contributed by atoms with Crippen molar-refractivity contribution in [3.05, 3.63) is 51.9 Å². The molecule has 0 aliphatic rings. The second-order valence-corrected chi connectivity index (χ2v) is 4.79. The van der Waals surface area contributed by atoms with Crippen LogP contribution in [0.1, 0.15) is 16.1 Å². The summed E-state index contributed by atoms with van der Waals surface area (Å²) in [5, 5.41) is 0. The highest BCUT2D eigenvalue weighted by atomic mass is 79.9. The van der Waals surface area contributed by atoms with Crippen molar-refractivity contribution in [1.82, 2.24) is 4.98 Å². The Balaban J connectivity index is 2.42. The van der Waals surface area contributed by atoms with Crippen molar-refractivity contribution in [2.75, 3.05) is 0 Å². The Bertz CT molecular complexity index is 626. The van der Waals surface area contributed by atoms with Crippen LogP contribution < -0.4 is 10.5 Å². The van der Waals surface area contributed by atoms with E-state index in [4.69, 9.17) is 10.5 Å². The number of halogens is 2. The van der Waals surface area contributed by atoms with Gasteiger partial charge in [0.1, 0.15) is 17.1 Å². The van der Waals surface area contributed by atoms with Gasteiger partial charge >= 0.3 is 0 Å². The second-order valence-electron chi connectivity index (χ2n) is 3.88. The zero-order valence-electron chi connectivity index (χ0n) is 9.98. The van der Waals surface area contributed by atoms with Gasteiger partial charge in [-0.2, -0.15) is 0 Å². The minimum atomic E-state index is -0.655. The SMILES string of the molecule is Cc1ccc(C(N)=O)c(Oc2cc(F)cc(Br)c2)n1. The van der Waals surface area contributed by atoms with Crippen molar-refractivity contribution in [3.63, 3.8) is 0 Å². The maximum absolute atomic E-state index is 13.2. The molecule has 0 bridgehead atoms. The van der Waals surface area contributed by atoms with E-state index >= 15 is 0 Å². The van der Waals surface area contributed by atoms with Crippen LogP contribution in [0.25, 0.3) is 0 Å².